The maximum Gasteiger partial charge on any atom is 0.443 e. The fourth-order valence-electron chi connectivity index (χ4n) is 1.64. The summed E-state index contributed by atoms with van der Waals surface area (Å²) in [4.78, 5) is 0. The third kappa shape index (κ3) is 2.23. The van der Waals surface area contributed by atoms with E-state index in [2.05, 4.69) is 5.10 Å². The van der Waals surface area contributed by atoms with Gasteiger partial charge in [-0.1, -0.05) is 13.0 Å². The van der Waals surface area contributed by atoms with Crippen LogP contribution in [-0.2, 0) is 13.5 Å². The summed E-state index contributed by atoms with van der Waals surface area (Å²) in [7, 11) is 1.35. The fraction of sp³-hybridized carbons (Fsp3) is 0.333. The van der Waals surface area contributed by atoms with Crippen LogP contribution in [0.2, 0.25) is 0 Å². The zero-order valence-corrected chi connectivity index (χ0v) is 9.95. The van der Waals surface area contributed by atoms with Crippen LogP contribution in [0, 0.1) is 5.82 Å². The summed E-state index contributed by atoms with van der Waals surface area (Å²) in [5, 5.41) is 3.80. The minimum absolute atomic E-state index is 0.0191. The number of hydrogen-bond donors (Lipinski definition) is 0. The number of benzene rings is 1. The molecule has 0 fully saturated rings. The topological polar surface area (TPSA) is 29.9 Å². The largest absolute Gasteiger partial charge is 0.443 e. The summed E-state index contributed by atoms with van der Waals surface area (Å²) < 4.78 is 44.5. The minimum atomic E-state index is -2.75. The number of aromatic nitrogens is 2. The maximum atomic E-state index is 13.6. The average Bonchev–Trinajstić information content (AvgIpc) is 2.71. The Morgan fingerprint density at radius 2 is 2.11 bits per heavy atom. The zero-order chi connectivity index (χ0) is 13.3. The van der Waals surface area contributed by atoms with E-state index in [9.17, 15) is 13.2 Å². The molecule has 0 aliphatic carbocycles. The standard InChI is InChI=1S/C12H12F3N2O/c1-3-7-4-5-8(6-9(7)13)11-16-17(2)12(18-11)10(14)15/h4-6,10H,3H2,1-2H3/q+1. The van der Waals surface area contributed by atoms with Crippen LogP contribution in [0.1, 0.15) is 24.8 Å². The quantitative estimate of drug-likeness (QED) is 0.791. The van der Waals surface area contributed by atoms with Crippen molar-refractivity contribution in [3.05, 3.63) is 35.5 Å². The van der Waals surface area contributed by atoms with Crippen molar-refractivity contribution in [2.24, 2.45) is 7.05 Å². The smallest absolute Gasteiger partial charge is 0.377 e. The van der Waals surface area contributed by atoms with E-state index in [4.69, 9.17) is 4.42 Å². The van der Waals surface area contributed by atoms with Gasteiger partial charge in [-0.25, -0.2) is 4.39 Å². The van der Waals surface area contributed by atoms with Crippen LogP contribution in [0.25, 0.3) is 11.5 Å². The van der Waals surface area contributed by atoms with E-state index >= 15 is 0 Å². The molecule has 0 aliphatic rings. The molecule has 0 spiro atoms. The molecule has 0 unspecified atom stereocenters. The number of halogens is 3. The van der Waals surface area contributed by atoms with Crippen LogP contribution in [0.5, 0.6) is 0 Å². The molecule has 0 amide bonds. The highest BCUT2D eigenvalue weighted by molar-refractivity contribution is 5.53. The fourth-order valence-corrected chi connectivity index (χ4v) is 1.64. The van der Waals surface area contributed by atoms with Crippen LogP contribution >= 0.6 is 0 Å². The monoisotopic (exact) mass is 257 g/mol. The number of aryl methyl sites for hydroxylation is 2. The van der Waals surface area contributed by atoms with Gasteiger partial charge in [0.2, 0.25) is 0 Å². The van der Waals surface area contributed by atoms with Gasteiger partial charge in [-0.2, -0.15) is 8.78 Å². The van der Waals surface area contributed by atoms with Gasteiger partial charge in [0.15, 0.2) is 7.05 Å². The van der Waals surface area contributed by atoms with Gasteiger partial charge in [0.1, 0.15) is 5.82 Å². The van der Waals surface area contributed by atoms with Crippen molar-refractivity contribution < 1.29 is 22.3 Å². The van der Waals surface area contributed by atoms with Gasteiger partial charge in [-0.15, -0.1) is 0 Å². The first-order valence-electron chi connectivity index (χ1n) is 5.47. The highest BCUT2D eigenvalue weighted by Crippen LogP contribution is 2.23. The predicted molar refractivity (Wildman–Crippen MR) is 57.4 cm³/mol. The van der Waals surface area contributed by atoms with Crippen LogP contribution in [0.3, 0.4) is 0 Å². The molecule has 1 aromatic carbocycles. The Labute approximate surface area is 102 Å². The average molecular weight is 257 g/mol. The van der Waals surface area contributed by atoms with E-state index < -0.39 is 18.1 Å². The first-order chi connectivity index (χ1) is 8.52. The molecule has 1 aromatic heterocycles. The third-order valence-electron chi connectivity index (χ3n) is 2.63. The molecule has 6 heteroatoms. The van der Waals surface area contributed by atoms with E-state index in [1.54, 1.807) is 12.1 Å². The molecule has 0 N–H and O–H groups in total. The molecule has 3 nitrogen and oxygen atoms in total. The molecule has 0 saturated heterocycles. The lowest BCUT2D eigenvalue weighted by Crippen LogP contribution is -2.34. The molecular weight excluding hydrogens is 245 g/mol. The first kappa shape index (κ1) is 12.6. The number of alkyl halides is 2. The van der Waals surface area contributed by atoms with Crippen LogP contribution < -0.4 is 4.68 Å². The molecule has 2 rings (SSSR count). The second kappa shape index (κ2) is 4.80. The van der Waals surface area contributed by atoms with Crippen molar-refractivity contribution >= 4 is 0 Å². The van der Waals surface area contributed by atoms with E-state index in [0.717, 1.165) is 4.68 Å². The number of hydrogen-bond acceptors (Lipinski definition) is 2. The van der Waals surface area contributed by atoms with E-state index in [1.807, 2.05) is 6.92 Å². The Morgan fingerprint density at radius 3 is 2.61 bits per heavy atom. The van der Waals surface area contributed by atoms with Crippen molar-refractivity contribution in [2.75, 3.05) is 0 Å². The molecule has 0 aliphatic heterocycles. The molecule has 96 valence electrons. The van der Waals surface area contributed by atoms with Crippen molar-refractivity contribution in [1.82, 2.24) is 5.10 Å². The van der Waals surface area contributed by atoms with E-state index in [1.165, 1.54) is 13.1 Å². The van der Waals surface area contributed by atoms with Gasteiger partial charge < -0.3 is 4.42 Å². The van der Waals surface area contributed by atoms with E-state index in [0.29, 0.717) is 17.5 Å². The van der Waals surface area contributed by atoms with Gasteiger partial charge in [0.25, 0.3) is 5.89 Å². The van der Waals surface area contributed by atoms with Crippen LogP contribution in [-0.4, -0.2) is 5.10 Å². The third-order valence-corrected chi connectivity index (χ3v) is 2.63. The lowest BCUT2D eigenvalue weighted by atomic mass is 10.1. The molecule has 0 atom stereocenters. The van der Waals surface area contributed by atoms with Crippen molar-refractivity contribution in [1.29, 1.82) is 0 Å². The van der Waals surface area contributed by atoms with E-state index in [-0.39, 0.29) is 5.89 Å². The van der Waals surface area contributed by atoms with Crippen molar-refractivity contribution in [3.63, 3.8) is 0 Å². The SMILES string of the molecule is CCc1ccc(-c2n[n+](C)c(C(F)F)o2)cc1F. The zero-order valence-electron chi connectivity index (χ0n) is 9.95. The molecule has 0 radical (unpaired) electrons. The predicted octanol–water partition coefficient (Wildman–Crippen LogP) is 2.81. The first-order valence-corrected chi connectivity index (χ1v) is 5.47. The summed E-state index contributed by atoms with van der Waals surface area (Å²) >= 11 is 0. The molecule has 0 saturated carbocycles. The van der Waals surface area contributed by atoms with Crippen molar-refractivity contribution in [2.45, 2.75) is 19.8 Å². The maximum absolute atomic E-state index is 13.6. The van der Waals surface area contributed by atoms with Crippen LogP contribution in [0.4, 0.5) is 13.2 Å². The minimum Gasteiger partial charge on any atom is -0.377 e. The number of rotatable bonds is 3. The Bertz CT molecular complexity index is 566. The Balaban J connectivity index is 2.43. The second-order valence-electron chi connectivity index (χ2n) is 3.83. The van der Waals surface area contributed by atoms with Crippen LogP contribution in [0.15, 0.2) is 22.6 Å². The summed E-state index contributed by atoms with van der Waals surface area (Å²) in [5.74, 6) is -0.964. The Morgan fingerprint density at radius 1 is 1.39 bits per heavy atom. The Kier molecular flexibility index (Phi) is 3.36. The van der Waals surface area contributed by atoms with Gasteiger partial charge >= 0.3 is 12.3 Å². The highest BCUT2D eigenvalue weighted by Gasteiger charge is 2.28. The highest BCUT2D eigenvalue weighted by atomic mass is 19.3. The summed E-state index contributed by atoms with van der Waals surface area (Å²) in [5.41, 5.74) is 0.899. The summed E-state index contributed by atoms with van der Waals surface area (Å²) in [6.07, 6.45) is -2.19. The molecule has 18 heavy (non-hydrogen) atoms. The summed E-state index contributed by atoms with van der Waals surface area (Å²) in [6.45, 7) is 1.83. The van der Waals surface area contributed by atoms with Gasteiger partial charge in [-0.05, 0) is 28.8 Å². The molecule has 0 bridgehead atoms. The van der Waals surface area contributed by atoms with Crippen molar-refractivity contribution in [3.8, 4) is 11.5 Å². The Hall–Kier alpha value is -1.85. The van der Waals surface area contributed by atoms with Gasteiger partial charge in [0, 0.05) is 10.7 Å². The second-order valence-corrected chi connectivity index (χ2v) is 3.83. The van der Waals surface area contributed by atoms with Gasteiger partial charge in [-0.3, -0.25) is 0 Å². The number of nitrogens with zero attached hydrogens (tertiary/aromatic N) is 2. The molecular formula is C12H12F3N2O+. The van der Waals surface area contributed by atoms with Gasteiger partial charge in [0.05, 0.1) is 0 Å². The summed E-state index contributed by atoms with van der Waals surface area (Å²) in [6, 6.07) is 4.43. The molecule has 1 heterocycles. The lowest BCUT2D eigenvalue weighted by Gasteiger charge is -1.99. The lowest BCUT2D eigenvalue weighted by molar-refractivity contribution is -0.742. The molecule has 2 aromatic rings. The normalized spacial score (nSPS) is 11.2.